The normalized spacial score (nSPS) is 37.1. The lowest BCUT2D eigenvalue weighted by molar-refractivity contribution is 0.0928. The van der Waals surface area contributed by atoms with E-state index in [0.29, 0.717) is 5.41 Å². The van der Waals surface area contributed by atoms with Crippen molar-refractivity contribution >= 4 is 0 Å². The van der Waals surface area contributed by atoms with Crippen LogP contribution in [0.4, 0.5) is 0 Å². The minimum Gasteiger partial charge on any atom is -0.393 e. The third-order valence-electron chi connectivity index (χ3n) is 8.69. The molecule has 1 unspecified atom stereocenters. The van der Waals surface area contributed by atoms with E-state index >= 15 is 0 Å². The molecular formula is C28H46O. The molecule has 3 fully saturated rings. The summed E-state index contributed by atoms with van der Waals surface area (Å²) in [5.74, 6) is 3.35. The van der Waals surface area contributed by atoms with Crippen LogP contribution in [0.5, 0.6) is 0 Å². The molecule has 1 nitrogen and oxygen atoms in total. The molecule has 3 aliphatic rings. The van der Waals surface area contributed by atoms with Gasteiger partial charge in [0.1, 0.15) is 0 Å². The maximum Gasteiger partial charge on any atom is 0.0583 e. The molecule has 0 bridgehead atoms. The first-order chi connectivity index (χ1) is 13.7. The smallest absolute Gasteiger partial charge is 0.0583 e. The van der Waals surface area contributed by atoms with E-state index in [1.807, 2.05) is 0 Å². The second kappa shape index (κ2) is 9.54. The van der Waals surface area contributed by atoms with Crippen molar-refractivity contribution in [3.05, 3.63) is 34.9 Å². The fourth-order valence-corrected chi connectivity index (χ4v) is 7.02. The van der Waals surface area contributed by atoms with Gasteiger partial charge in [0.25, 0.3) is 0 Å². The van der Waals surface area contributed by atoms with Crippen LogP contribution in [0.25, 0.3) is 0 Å². The lowest BCUT2D eigenvalue weighted by Crippen LogP contribution is -2.36. The molecule has 0 radical (unpaired) electrons. The molecular weight excluding hydrogens is 352 g/mol. The number of hydrogen-bond donors (Lipinski definition) is 1. The van der Waals surface area contributed by atoms with Crippen LogP contribution in [-0.4, -0.2) is 11.2 Å². The molecule has 1 heteroatoms. The molecule has 0 amide bonds. The molecule has 0 aromatic carbocycles. The topological polar surface area (TPSA) is 20.2 Å². The summed E-state index contributed by atoms with van der Waals surface area (Å²) in [6, 6.07) is 0. The Morgan fingerprint density at radius 1 is 1.17 bits per heavy atom. The Bertz CT molecular complexity index is 651. The van der Waals surface area contributed by atoms with E-state index in [9.17, 15) is 5.11 Å². The zero-order valence-electron chi connectivity index (χ0n) is 19.9. The van der Waals surface area contributed by atoms with Crippen LogP contribution < -0.4 is 0 Å². The first kappa shape index (κ1) is 22.9. The molecule has 3 rings (SSSR count). The highest BCUT2D eigenvalue weighted by atomic mass is 16.3. The van der Waals surface area contributed by atoms with Gasteiger partial charge in [-0.05, 0) is 98.5 Å². The van der Waals surface area contributed by atoms with Gasteiger partial charge in [-0.25, -0.2) is 0 Å². The third kappa shape index (κ3) is 5.09. The number of aliphatic hydroxyl groups is 1. The average Bonchev–Trinajstić information content (AvgIpc) is 3.01. The monoisotopic (exact) mass is 398 g/mol. The van der Waals surface area contributed by atoms with Crippen molar-refractivity contribution in [1.82, 2.24) is 0 Å². The number of allylic oxidation sites excluding steroid dienone is 4. The van der Waals surface area contributed by atoms with E-state index in [4.69, 9.17) is 0 Å². The molecule has 0 spiro atoms. The zero-order valence-corrected chi connectivity index (χ0v) is 19.9. The molecule has 3 saturated carbocycles. The van der Waals surface area contributed by atoms with Gasteiger partial charge in [0.2, 0.25) is 0 Å². The lowest BCUT2D eigenvalue weighted by Gasteiger charge is -2.44. The van der Waals surface area contributed by atoms with E-state index in [0.717, 1.165) is 42.9 Å². The fourth-order valence-electron chi connectivity index (χ4n) is 7.02. The Hall–Kier alpha value is -0.820. The molecule has 0 saturated heterocycles. The van der Waals surface area contributed by atoms with E-state index in [1.165, 1.54) is 68.1 Å². The van der Waals surface area contributed by atoms with Gasteiger partial charge < -0.3 is 5.11 Å². The quantitative estimate of drug-likeness (QED) is 0.480. The Kier molecular flexibility index (Phi) is 7.52. The van der Waals surface area contributed by atoms with E-state index in [1.54, 1.807) is 5.57 Å². The molecule has 0 aliphatic heterocycles. The van der Waals surface area contributed by atoms with Crippen LogP contribution >= 0.6 is 0 Å². The first-order valence-corrected chi connectivity index (χ1v) is 12.5. The van der Waals surface area contributed by atoms with Crippen molar-refractivity contribution in [3.63, 3.8) is 0 Å². The summed E-state index contributed by atoms with van der Waals surface area (Å²) >= 11 is 0. The summed E-state index contributed by atoms with van der Waals surface area (Å²) < 4.78 is 0. The van der Waals surface area contributed by atoms with Crippen LogP contribution in [0.3, 0.4) is 0 Å². The summed E-state index contributed by atoms with van der Waals surface area (Å²) in [5.41, 5.74) is 6.16. The van der Waals surface area contributed by atoms with Gasteiger partial charge in [0.05, 0.1) is 6.10 Å². The zero-order chi connectivity index (χ0) is 21.2. The largest absolute Gasteiger partial charge is 0.393 e. The number of fused-ring (bicyclic) bond motifs is 1. The standard InChI is InChI=1S/C28H46O/c1-19(2)9-7-10-21(4)26-14-15-27-23(11-8-16-28(26,27)6)17-22(5)25-18-24(29)13-12-20(25)3/h17,19,21,24,26-27,29H,3,7-16,18H2,1-2,4-6H3/b23-17?,25-22-/t21-,24+,26-,27?,28-/m1/s1. The molecule has 1 N–H and O–H groups in total. The summed E-state index contributed by atoms with van der Waals surface area (Å²) in [6.07, 6.45) is 16.0. The van der Waals surface area contributed by atoms with Crippen molar-refractivity contribution in [2.24, 2.45) is 29.1 Å². The van der Waals surface area contributed by atoms with Crippen LogP contribution in [0.2, 0.25) is 0 Å². The predicted octanol–water partition coefficient (Wildman–Crippen LogP) is 8.01. The Morgan fingerprint density at radius 3 is 2.66 bits per heavy atom. The van der Waals surface area contributed by atoms with Crippen molar-refractivity contribution in [2.75, 3.05) is 0 Å². The van der Waals surface area contributed by atoms with Crippen molar-refractivity contribution in [2.45, 2.75) is 111 Å². The predicted molar refractivity (Wildman–Crippen MR) is 126 cm³/mol. The molecule has 29 heavy (non-hydrogen) atoms. The Morgan fingerprint density at radius 2 is 1.93 bits per heavy atom. The minimum absolute atomic E-state index is 0.178. The number of aliphatic hydroxyl groups excluding tert-OH is 1. The van der Waals surface area contributed by atoms with Crippen LogP contribution in [0.15, 0.2) is 34.9 Å². The van der Waals surface area contributed by atoms with Gasteiger partial charge in [-0.1, -0.05) is 70.8 Å². The van der Waals surface area contributed by atoms with Crippen molar-refractivity contribution in [3.8, 4) is 0 Å². The highest BCUT2D eigenvalue weighted by Crippen LogP contribution is 2.60. The molecule has 164 valence electrons. The second-order valence-corrected chi connectivity index (χ2v) is 11.3. The second-order valence-electron chi connectivity index (χ2n) is 11.3. The van der Waals surface area contributed by atoms with Crippen LogP contribution in [0.1, 0.15) is 105 Å². The van der Waals surface area contributed by atoms with E-state index < -0.39 is 0 Å². The average molecular weight is 399 g/mol. The molecule has 0 aromatic rings. The third-order valence-corrected chi connectivity index (χ3v) is 8.69. The van der Waals surface area contributed by atoms with Crippen molar-refractivity contribution in [1.29, 1.82) is 0 Å². The lowest BCUT2D eigenvalue weighted by atomic mass is 9.60. The number of rotatable bonds is 6. The Balaban J connectivity index is 1.75. The molecule has 3 aliphatic carbocycles. The Labute approximate surface area is 180 Å². The maximum atomic E-state index is 10.1. The van der Waals surface area contributed by atoms with Crippen LogP contribution in [0, 0.1) is 29.1 Å². The van der Waals surface area contributed by atoms with Gasteiger partial charge in [-0.3, -0.25) is 0 Å². The highest BCUT2D eigenvalue weighted by Gasteiger charge is 2.50. The SMILES string of the molecule is C=C1CC[C@H](O)C/C1=C(\C)C=C1CCC[C@@]2(C)C1CC[C@@H]2[C@H](C)CCCC(C)C. The molecule has 0 aromatic heterocycles. The van der Waals surface area contributed by atoms with E-state index in [2.05, 4.69) is 47.3 Å². The summed E-state index contributed by atoms with van der Waals surface area (Å²) in [5, 5.41) is 10.1. The van der Waals surface area contributed by atoms with Gasteiger partial charge in [0, 0.05) is 0 Å². The van der Waals surface area contributed by atoms with Gasteiger partial charge in [-0.15, -0.1) is 0 Å². The van der Waals surface area contributed by atoms with Gasteiger partial charge in [-0.2, -0.15) is 0 Å². The summed E-state index contributed by atoms with van der Waals surface area (Å²) in [7, 11) is 0. The fraction of sp³-hybridized carbons (Fsp3) is 0.786. The van der Waals surface area contributed by atoms with Gasteiger partial charge >= 0.3 is 0 Å². The maximum absolute atomic E-state index is 10.1. The van der Waals surface area contributed by atoms with Crippen LogP contribution in [-0.2, 0) is 0 Å². The highest BCUT2D eigenvalue weighted by molar-refractivity contribution is 5.41. The molecule has 5 atom stereocenters. The number of hydrogen-bond acceptors (Lipinski definition) is 1. The van der Waals surface area contributed by atoms with E-state index in [-0.39, 0.29) is 6.10 Å². The van der Waals surface area contributed by atoms with Crippen molar-refractivity contribution < 1.29 is 5.11 Å². The molecule has 0 heterocycles. The first-order valence-electron chi connectivity index (χ1n) is 12.5. The summed E-state index contributed by atoms with van der Waals surface area (Å²) in [6.45, 7) is 16.4. The summed E-state index contributed by atoms with van der Waals surface area (Å²) in [4.78, 5) is 0. The van der Waals surface area contributed by atoms with Gasteiger partial charge in [0.15, 0.2) is 0 Å². The minimum atomic E-state index is -0.178.